The van der Waals surface area contributed by atoms with Gasteiger partial charge in [-0.05, 0) is 38.8 Å². The fourth-order valence-electron chi connectivity index (χ4n) is 3.59. The molecule has 0 bridgehead atoms. The number of piperidine rings is 1. The molecule has 112 valence electrons. The lowest BCUT2D eigenvalue weighted by atomic mass is 9.99. The van der Waals surface area contributed by atoms with Crippen molar-refractivity contribution in [2.45, 2.75) is 40.2 Å². The monoisotopic (exact) mass is 285 g/mol. The third-order valence-electron chi connectivity index (χ3n) is 4.76. The molecule has 0 spiro atoms. The van der Waals surface area contributed by atoms with Gasteiger partial charge in [-0.15, -0.1) is 0 Å². The molecule has 0 saturated carbocycles. The topological polar surface area (TPSA) is 37.3 Å². The lowest BCUT2D eigenvalue weighted by molar-refractivity contribution is -0.922. The summed E-state index contributed by atoms with van der Waals surface area (Å²) in [7, 11) is 0. The van der Waals surface area contributed by atoms with Crippen LogP contribution in [0.3, 0.4) is 0 Å². The van der Waals surface area contributed by atoms with Gasteiger partial charge in [-0.25, -0.2) is 0 Å². The molecule has 0 radical (unpaired) electrons. The van der Waals surface area contributed by atoms with E-state index in [1.807, 2.05) is 26.0 Å². The summed E-state index contributed by atoms with van der Waals surface area (Å²) >= 11 is 0. The van der Waals surface area contributed by atoms with Crippen LogP contribution >= 0.6 is 0 Å². The minimum Gasteiger partial charge on any atom is -0.358 e. The van der Waals surface area contributed by atoms with Crippen molar-refractivity contribution in [2.75, 3.05) is 13.1 Å². The Bertz CT molecular complexity index is 717. The fourth-order valence-corrected chi connectivity index (χ4v) is 3.59. The number of benzene rings is 1. The predicted octanol–water partition coefficient (Wildman–Crippen LogP) is 1.96. The first kappa shape index (κ1) is 14.3. The molecule has 1 aliphatic rings. The zero-order valence-corrected chi connectivity index (χ0v) is 13.3. The average Bonchev–Trinajstić information content (AvgIpc) is 2.45. The van der Waals surface area contributed by atoms with E-state index in [1.54, 1.807) is 4.90 Å². The van der Waals surface area contributed by atoms with Gasteiger partial charge < -0.3 is 9.88 Å². The molecule has 1 fully saturated rings. The zero-order valence-electron chi connectivity index (χ0n) is 13.3. The third-order valence-corrected chi connectivity index (χ3v) is 4.76. The largest absolute Gasteiger partial charge is 0.358 e. The Morgan fingerprint density at radius 1 is 1.33 bits per heavy atom. The molecule has 0 aliphatic carbocycles. The van der Waals surface area contributed by atoms with Gasteiger partial charge in [-0.3, -0.25) is 4.79 Å². The maximum Gasteiger partial charge on any atom is 0.198 e. The third kappa shape index (κ3) is 2.88. The minimum atomic E-state index is 0.218. The summed E-state index contributed by atoms with van der Waals surface area (Å²) < 4.78 is 0. The number of hydrogen-bond donors (Lipinski definition) is 2. The van der Waals surface area contributed by atoms with Crippen LogP contribution in [0.15, 0.2) is 23.0 Å². The van der Waals surface area contributed by atoms with Crippen molar-refractivity contribution < 1.29 is 4.90 Å². The molecule has 1 saturated heterocycles. The van der Waals surface area contributed by atoms with Crippen molar-refractivity contribution in [1.82, 2.24) is 4.98 Å². The number of aromatic amines is 1. The molecule has 1 unspecified atom stereocenters. The molecule has 3 rings (SSSR count). The van der Waals surface area contributed by atoms with Crippen molar-refractivity contribution in [3.8, 4) is 0 Å². The fraction of sp³-hybridized carbons (Fsp3) is 0.500. The lowest BCUT2D eigenvalue weighted by Crippen LogP contribution is -3.12. The first-order valence-electron chi connectivity index (χ1n) is 8.00. The summed E-state index contributed by atoms with van der Waals surface area (Å²) in [5, 5.41) is 0.833. The maximum absolute atomic E-state index is 12.8. The molecule has 2 N–H and O–H groups in total. The number of nitrogens with one attached hydrogen (secondary N) is 2. The highest BCUT2D eigenvalue weighted by atomic mass is 16.1. The van der Waals surface area contributed by atoms with E-state index in [1.165, 1.54) is 25.9 Å². The molecule has 3 nitrogen and oxygen atoms in total. The van der Waals surface area contributed by atoms with E-state index >= 15 is 0 Å². The van der Waals surface area contributed by atoms with Crippen LogP contribution < -0.4 is 10.3 Å². The molecule has 2 aromatic rings. The number of fused-ring (bicyclic) bond motifs is 1. The Morgan fingerprint density at radius 3 is 2.90 bits per heavy atom. The number of H-pyrrole nitrogens is 1. The zero-order chi connectivity index (χ0) is 15.0. The normalized spacial score (nSPS) is 22.6. The summed E-state index contributed by atoms with van der Waals surface area (Å²) in [6, 6.07) is 6.07. The second-order valence-corrected chi connectivity index (χ2v) is 6.74. The number of aromatic nitrogens is 1. The summed E-state index contributed by atoms with van der Waals surface area (Å²) in [5.41, 5.74) is 4.31. The minimum absolute atomic E-state index is 0.218. The van der Waals surface area contributed by atoms with Gasteiger partial charge >= 0.3 is 0 Å². The van der Waals surface area contributed by atoms with E-state index in [-0.39, 0.29) is 5.43 Å². The molecular formula is C18H25N2O+. The number of hydrogen-bond acceptors (Lipinski definition) is 1. The van der Waals surface area contributed by atoms with Crippen LogP contribution in [0.2, 0.25) is 0 Å². The van der Waals surface area contributed by atoms with E-state index in [4.69, 9.17) is 0 Å². The predicted molar refractivity (Wildman–Crippen MR) is 86.8 cm³/mol. The van der Waals surface area contributed by atoms with Gasteiger partial charge in [0.15, 0.2) is 5.43 Å². The highest BCUT2D eigenvalue weighted by Gasteiger charge is 2.22. The van der Waals surface area contributed by atoms with Crippen molar-refractivity contribution in [2.24, 2.45) is 5.92 Å². The first-order chi connectivity index (χ1) is 10.0. The molecule has 1 aliphatic heterocycles. The van der Waals surface area contributed by atoms with Gasteiger partial charge in [0.05, 0.1) is 18.7 Å². The van der Waals surface area contributed by atoms with Crippen molar-refractivity contribution in [1.29, 1.82) is 0 Å². The van der Waals surface area contributed by atoms with Crippen LogP contribution in [0, 0.1) is 19.8 Å². The molecule has 21 heavy (non-hydrogen) atoms. The highest BCUT2D eigenvalue weighted by molar-refractivity contribution is 5.80. The number of pyridine rings is 1. The molecular weight excluding hydrogens is 260 g/mol. The van der Waals surface area contributed by atoms with Gasteiger partial charge in [0.2, 0.25) is 0 Å². The van der Waals surface area contributed by atoms with Crippen LogP contribution in [-0.2, 0) is 6.54 Å². The quantitative estimate of drug-likeness (QED) is 0.869. The van der Waals surface area contributed by atoms with Gasteiger partial charge in [-0.1, -0.05) is 18.6 Å². The van der Waals surface area contributed by atoms with Crippen molar-refractivity contribution in [3.63, 3.8) is 0 Å². The number of quaternary nitrogens is 1. The Labute approximate surface area is 126 Å². The SMILES string of the molecule is Cc1ccc2[nH]c(C)c(C[NH+]3CCC[C@@H](C)C3)c(=O)c2c1. The second kappa shape index (κ2) is 5.64. The molecule has 0 amide bonds. The van der Waals surface area contributed by atoms with Gasteiger partial charge in [-0.2, -0.15) is 0 Å². The van der Waals surface area contributed by atoms with Gasteiger partial charge in [0.1, 0.15) is 6.54 Å². The Kier molecular flexibility index (Phi) is 3.85. The Balaban J connectivity index is 2.00. The summed E-state index contributed by atoms with van der Waals surface area (Å²) in [6.45, 7) is 9.62. The van der Waals surface area contributed by atoms with E-state index < -0.39 is 0 Å². The van der Waals surface area contributed by atoms with E-state index in [0.717, 1.165) is 40.2 Å². The first-order valence-corrected chi connectivity index (χ1v) is 8.00. The van der Waals surface area contributed by atoms with Crippen LogP contribution in [-0.4, -0.2) is 18.1 Å². The summed E-state index contributed by atoms with van der Waals surface area (Å²) in [6.07, 6.45) is 2.61. The van der Waals surface area contributed by atoms with Crippen LogP contribution in [0.4, 0.5) is 0 Å². The van der Waals surface area contributed by atoms with E-state index in [0.29, 0.717) is 0 Å². The second-order valence-electron chi connectivity index (χ2n) is 6.74. The van der Waals surface area contributed by atoms with E-state index in [9.17, 15) is 4.79 Å². The Hall–Kier alpha value is -1.61. The van der Waals surface area contributed by atoms with Crippen LogP contribution in [0.1, 0.15) is 36.6 Å². The molecule has 2 heterocycles. The van der Waals surface area contributed by atoms with Crippen molar-refractivity contribution >= 4 is 10.9 Å². The van der Waals surface area contributed by atoms with Crippen LogP contribution in [0.25, 0.3) is 10.9 Å². The van der Waals surface area contributed by atoms with Crippen molar-refractivity contribution in [3.05, 3.63) is 45.2 Å². The molecule has 1 aromatic carbocycles. The Morgan fingerprint density at radius 2 is 2.14 bits per heavy atom. The number of rotatable bonds is 2. The lowest BCUT2D eigenvalue weighted by Gasteiger charge is -2.28. The molecule has 1 aromatic heterocycles. The molecule has 2 atom stereocenters. The number of likely N-dealkylation sites (tertiary alicyclic amines) is 1. The molecule has 3 heteroatoms. The number of aryl methyl sites for hydroxylation is 2. The average molecular weight is 285 g/mol. The highest BCUT2D eigenvalue weighted by Crippen LogP contribution is 2.13. The summed E-state index contributed by atoms with van der Waals surface area (Å²) in [4.78, 5) is 17.8. The van der Waals surface area contributed by atoms with Gasteiger partial charge in [0, 0.05) is 22.5 Å². The standard InChI is InChI=1S/C18H24N2O/c1-12-6-7-17-15(9-12)18(21)16(14(3)19-17)11-20-8-4-5-13(2)10-20/h6-7,9,13H,4-5,8,10-11H2,1-3H3,(H,19,21)/p+1/t13-/m1/s1. The van der Waals surface area contributed by atoms with E-state index in [2.05, 4.69) is 18.0 Å². The smallest absolute Gasteiger partial charge is 0.198 e. The van der Waals surface area contributed by atoms with Crippen LogP contribution in [0.5, 0.6) is 0 Å². The summed E-state index contributed by atoms with van der Waals surface area (Å²) in [5.74, 6) is 0.774. The van der Waals surface area contributed by atoms with Gasteiger partial charge in [0.25, 0.3) is 0 Å². The maximum atomic E-state index is 12.8.